The highest BCUT2D eigenvalue weighted by molar-refractivity contribution is 5.42. The van der Waals surface area contributed by atoms with Gasteiger partial charge in [-0.1, -0.05) is 28.9 Å². The van der Waals surface area contributed by atoms with Crippen LogP contribution in [0.15, 0.2) is 53.1 Å². The summed E-state index contributed by atoms with van der Waals surface area (Å²) in [5, 5.41) is 0. The minimum absolute atomic E-state index is 0.0769. The van der Waals surface area contributed by atoms with Gasteiger partial charge in [-0.25, -0.2) is 0 Å². The van der Waals surface area contributed by atoms with E-state index in [9.17, 15) is 0 Å². The van der Waals surface area contributed by atoms with E-state index in [4.69, 9.17) is 14.2 Å². The van der Waals surface area contributed by atoms with E-state index in [1.54, 1.807) is 0 Å². The van der Waals surface area contributed by atoms with Gasteiger partial charge in [0.15, 0.2) is 0 Å². The van der Waals surface area contributed by atoms with Gasteiger partial charge in [0.2, 0.25) is 0 Å². The molecule has 1 atom stereocenters. The maximum atomic E-state index is 6.06. The van der Waals surface area contributed by atoms with Crippen molar-refractivity contribution in [2.45, 2.75) is 79.4 Å². The Labute approximate surface area is 177 Å². The van der Waals surface area contributed by atoms with Crippen molar-refractivity contribution in [1.29, 1.82) is 0 Å². The van der Waals surface area contributed by atoms with Crippen LogP contribution >= 0.6 is 0 Å². The Hall–Kier alpha value is -2.00. The van der Waals surface area contributed by atoms with E-state index < -0.39 is 0 Å². The van der Waals surface area contributed by atoms with Gasteiger partial charge in [0.25, 0.3) is 0 Å². The first kappa shape index (κ1) is 23.3. The fraction of sp³-hybridized carbons (Fsp3) is 0.538. The summed E-state index contributed by atoms with van der Waals surface area (Å²) in [7, 11) is 0. The monoisotopic (exact) mass is 398 g/mol. The Bertz CT molecular complexity index is 760. The highest BCUT2D eigenvalue weighted by Gasteiger charge is 2.46. The second-order valence-corrected chi connectivity index (χ2v) is 8.96. The number of benzene rings is 1. The molecule has 2 rings (SSSR count). The lowest BCUT2D eigenvalue weighted by molar-refractivity contribution is 0.320. The van der Waals surface area contributed by atoms with Crippen LogP contribution in [0.3, 0.4) is 0 Å². The fourth-order valence-electron chi connectivity index (χ4n) is 3.01. The fourth-order valence-corrected chi connectivity index (χ4v) is 3.01. The maximum Gasteiger partial charge on any atom is 0.126 e. The maximum absolute atomic E-state index is 6.06. The van der Waals surface area contributed by atoms with Crippen LogP contribution in [0.4, 0.5) is 0 Å². The van der Waals surface area contributed by atoms with Crippen molar-refractivity contribution in [1.82, 2.24) is 0 Å². The first-order valence-corrected chi connectivity index (χ1v) is 10.7. The summed E-state index contributed by atoms with van der Waals surface area (Å²) in [5.74, 6) is 1.74. The lowest BCUT2D eigenvalue weighted by atomic mass is 10.0. The molecule has 0 aliphatic carbocycles. The molecular weight excluding hydrogens is 360 g/mol. The number of hydrogen-bond donors (Lipinski definition) is 0. The molecule has 1 saturated heterocycles. The summed E-state index contributed by atoms with van der Waals surface area (Å²) in [6.07, 6.45) is 9.92. The van der Waals surface area contributed by atoms with Crippen molar-refractivity contribution in [3.05, 3.63) is 58.7 Å². The number of ether oxygens (including phenoxy) is 3. The molecule has 1 aromatic carbocycles. The first-order valence-electron chi connectivity index (χ1n) is 10.7. The van der Waals surface area contributed by atoms with Crippen molar-refractivity contribution in [3.63, 3.8) is 0 Å². The summed E-state index contributed by atoms with van der Waals surface area (Å²) in [5.41, 5.74) is 5.17. The molecule has 1 aliphatic heterocycles. The van der Waals surface area contributed by atoms with Crippen LogP contribution in [0.2, 0.25) is 0 Å². The zero-order valence-corrected chi connectivity index (χ0v) is 19.3. The molecule has 1 fully saturated rings. The molecule has 1 aliphatic rings. The standard InChI is InChI=1S/C26H38O3/c1-19(2)14-16-27-23-12-11-22(24(18-23)28-17-15-20(3)4)10-8-21(5)9-13-25-26(6,7)29-25/h8,11-12,14-15,18,25H,9-10,13,16-17H2,1-7H3/b21-8+/t25-/m1/s1. The summed E-state index contributed by atoms with van der Waals surface area (Å²) in [6.45, 7) is 16.0. The van der Waals surface area contributed by atoms with Crippen LogP contribution in [0.1, 0.15) is 66.9 Å². The quantitative estimate of drug-likeness (QED) is 0.302. The molecule has 0 radical (unpaired) electrons. The Balaban J connectivity index is 2.01. The SMILES string of the molecule is CC(C)=CCOc1ccc(C/C=C(\C)CC[C@H]2OC2(C)C)c(OCC=C(C)C)c1. The summed E-state index contributed by atoms with van der Waals surface area (Å²) >= 11 is 0. The van der Waals surface area contributed by atoms with Gasteiger partial charge in [0, 0.05) is 6.07 Å². The normalized spacial score (nSPS) is 17.5. The molecule has 29 heavy (non-hydrogen) atoms. The van der Waals surface area contributed by atoms with E-state index in [1.165, 1.54) is 22.3 Å². The van der Waals surface area contributed by atoms with Gasteiger partial charge >= 0.3 is 0 Å². The number of rotatable bonds is 11. The third-order valence-corrected chi connectivity index (χ3v) is 5.15. The minimum atomic E-state index is 0.0769. The van der Waals surface area contributed by atoms with Crippen molar-refractivity contribution < 1.29 is 14.2 Å². The Morgan fingerprint density at radius 1 is 0.966 bits per heavy atom. The summed E-state index contributed by atoms with van der Waals surface area (Å²) in [4.78, 5) is 0. The highest BCUT2D eigenvalue weighted by atomic mass is 16.6. The number of hydrogen-bond acceptors (Lipinski definition) is 3. The van der Waals surface area contributed by atoms with Crippen LogP contribution in [-0.2, 0) is 11.2 Å². The lowest BCUT2D eigenvalue weighted by Crippen LogP contribution is -2.02. The average molecular weight is 399 g/mol. The molecule has 0 N–H and O–H groups in total. The van der Waals surface area contributed by atoms with Crippen LogP contribution < -0.4 is 9.47 Å². The Morgan fingerprint density at radius 2 is 1.59 bits per heavy atom. The van der Waals surface area contributed by atoms with Crippen molar-refractivity contribution in [3.8, 4) is 11.5 Å². The molecule has 3 nitrogen and oxygen atoms in total. The van der Waals surface area contributed by atoms with Gasteiger partial charge < -0.3 is 14.2 Å². The van der Waals surface area contributed by atoms with E-state index >= 15 is 0 Å². The molecular formula is C26H38O3. The van der Waals surface area contributed by atoms with Gasteiger partial charge in [0.1, 0.15) is 24.7 Å². The van der Waals surface area contributed by atoms with Crippen LogP contribution in [-0.4, -0.2) is 24.9 Å². The van der Waals surface area contributed by atoms with E-state index in [0.29, 0.717) is 19.3 Å². The molecule has 0 aromatic heterocycles. The predicted molar refractivity (Wildman–Crippen MR) is 122 cm³/mol. The van der Waals surface area contributed by atoms with Gasteiger partial charge in [-0.2, -0.15) is 0 Å². The van der Waals surface area contributed by atoms with Gasteiger partial charge in [0.05, 0.1) is 11.7 Å². The summed E-state index contributed by atoms with van der Waals surface area (Å²) in [6, 6.07) is 6.16. The molecule has 3 heteroatoms. The minimum Gasteiger partial charge on any atom is -0.489 e. The molecule has 0 amide bonds. The second kappa shape index (κ2) is 10.7. The second-order valence-electron chi connectivity index (χ2n) is 8.96. The van der Waals surface area contributed by atoms with Gasteiger partial charge in [-0.3, -0.25) is 0 Å². The summed E-state index contributed by atoms with van der Waals surface area (Å²) < 4.78 is 17.6. The first-order chi connectivity index (χ1) is 13.7. The largest absolute Gasteiger partial charge is 0.489 e. The Kier molecular flexibility index (Phi) is 8.58. The van der Waals surface area contributed by atoms with Crippen molar-refractivity contribution >= 4 is 0 Å². The van der Waals surface area contributed by atoms with Gasteiger partial charge in [-0.05, 0) is 91.5 Å². The molecule has 160 valence electrons. The predicted octanol–water partition coefficient (Wildman–Crippen LogP) is 6.82. The molecule has 0 unspecified atom stereocenters. The van der Waals surface area contributed by atoms with Crippen molar-refractivity contribution in [2.24, 2.45) is 0 Å². The average Bonchev–Trinajstić information content (AvgIpc) is 3.25. The van der Waals surface area contributed by atoms with E-state index in [2.05, 4.69) is 72.8 Å². The zero-order valence-electron chi connectivity index (χ0n) is 19.3. The third-order valence-electron chi connectivity index (χ3n) is 5.15. The third kappa shape index (κ3) is 8.49. The Morgan fingerprint density at radius 3 is 2.17 bits per heavy atom. The van der Waals surface area contributed by atoms with Crippen LogP contribution in [0, 0.1) is 0 Å². The van der Waals surface area contributed by atoms with E-state index in [1.807, 2.05) is 12.1 Å². The smallest absolute Gasteiger partial charge is 0.126 e. The molecule has 0 spiro atoms. The molecule has 0 saturated carbocycles. The zero-order chi connectivity index (χ0) is 21.4. The van der Waals surface area contributed by atoms with Crippen LogP contribution in [0.5, 0.6) is 11.5 Å². The molecule has 1 heterocycles. The van der Waals surface area contributed by atoms with Crippen LogP contribution in [0.25, 0.3) is 0 Å². The topological polar surface area (TPSA) is 31.0 Å². The highest BCUT2D eigenvalue weighted by Crippen LogP contribution is 2.39. The van der Waals surface area contributed by atoms with Crippen molar-refractivity contribution in [2.75, 3.05) is 13.2 Å². The van der Waals surface area contributed by atoms with E-state index in [0.717, 1.165) is 30.8 Å². The lowest BCUT2D eigenvalue weighted by Gasteiger charge is -2.12. The number of allylic oxidation sites excluding steroid dienone is 4. The van der Waals surface area contributed by atoms with Gasteiger partial charge in [-0.15, -0.1) is 0 Å². The molecule has 0 bridgehead atoms. The molecule has 1 aromatic rings. The number of epoxide rings is 1. The van der Waals surface area contributed by atoms with E-state index in [-0.39, 0.29) is 5.60 Å².